The molecule has 2 aromatic heterocycles. The second-order valence-corrected chi connectivity index (χ2v) is 5.29. The molecule has 0 saturated carbocycles. The molecular weight excluding hydrogens is 300 g/mol. The highest BCUT2D eigenvalue weighted by molar-refractivity contribution is 7.98. The fraction of sp³-hybridized carbons (Fsp3) is 0.600. The maximum atomic E-state index is 9.95. The molecule has 0 radical (unpaired) electrons. The average molecular weight is 314 g/mol. The molecule has 21 heavy (non-hydrogen) atoms. The summed E-state index contributed by atoms with van der Waals surface area (Å²) in [5.41, 5.74) is 6.34. The molecule has 1 aliphatic rings. The van der Waals surface area contributed by atoms with Crippen molar-refractivity contribution in [1.29, 1.82) is 0 Å². The Morgan fingerprint density at radius 2 is 2.05 bits per heavy atom. The molecule has 0 amide bonds. The van der Waals surface area contributed by atoms with E-state index in [1.54, 1.807) is 6.26 Å². The zero-order chi connectivity index (χ0) is 15.1. The van der Waals surface area contributed by atoms with Crippen molar-refractivity contribution in [2.75, 3.05) is 18.6 Å². The molecule has 0 aromatic carbocycles. The van der Waals surface area contributed by atoms with Gasteiger partial charge in [0.25, 0.3) is 0 Å². The Morgan fingerprint density at radius 3 is 2.67 bits per heavy atom. The number of ether oxygens (including phenoxy) is 1. The Hall–Kier alpha value is -1.53. The molecule has 4 unspecified atom stereocenters. The van der Waals surface area contributed by atoms with Crippen molar-refractivity contribution in [3.63, 3.8) is 0 Å². The SMILES string of the molecule is CSc1nc(N)c2nn(C3OC(CO)C(O)C3O)nc2n1. The van der Waals surface area contributed by atoms with Crippen LogP contribution in [0.3, 0.4) is 0 Å². The van der Waals surface area contributed by atoms with Gasteiger partial charge in [0.05, 0.1) is 6.61 Å². The van der Waals surface area contributed by atoms with E-state index >= 15 is 0 Å². The molecule has 0 aliphatic carbocycles. The number of aliphatic hydroxyl groups excluding tert-OH is 3. The van der Waals surface area contributed by atoms with Gasteiger partial charge in [-0.05, 0) is 6.26 Å². The van der Waals surface area contributed by atoms with E-state index in [2.05, 4.69) is 20.2 Å². The van der Waals surface area contributed by atoms with Crippen molar-refractivity contribution < 1.29 is 20.1 Å². The molecule has 1 saturated heterocycles. The highest BCUT2D eigenvalue weighted by atomic mass is 32.2. The first-order valence-corrected chi connectivity index (χ1v) is 7.34. The van der Waals surface area contributed by atoms with Crippen LogP contribution < -0.4 is 5.73 Å². The van der Waals surface area contributed by atoms with Crippen molar-refractivity contribution in [3.8, 4) is 0 Å². The van der Waals surface area contributed by atoms with Crippen molar-refractivity contribution >= 4 is 28.7 Å². The molecule has 1 aliphatic heterocycles. The summed E-state index contributed by atoms with van der Waals surface area (Å²) in [5.74, 6) is 0.169. The highest BCUT2D eigenvalue weighted by Gasteiger charge is 2.44. The number of anilines is 1. The number of nitrogens with zero attached hydrogens (tertiary/aromatic N) is 5. The van der Waals surface area contributed by atoms with Gasteiger partial charge in [0.1, 0.15) is 18.3 Å². The quantitative estimate of drug-likeness (QED) is 0.374. The normalized spacial score (nSPS) is 29.3. The highest BCUT2D eigenvalue weighted by Crippen LogP contribution is 2.29. The van der Waals surface area contributed by atoms with Crippen molar-refractivity contribution in [2.45, 2.75) is 29.7 Å². The minimum absolute atomic E-state index is 0.169. The Balaban J connectivity index is 2.00. The Kier molecular flexibility index (Phi) is 3.67. The van der Waals surface area contributed by atoms with Crippen LogP contribution in [0.1, 0.15) is 6.23 Å². The first-order valence-electron chi connectivity index (χ1n) is 6.11. The number of rotatable bonds is 3. The van der Waals surface area contributed by atoms with Gasteiger partial charge in [-0.3, -0.25) is 0 Å². The van der Waals surface area contributed by atoms with Crippen LogP contribution in [0.5, 0.6) is 0 Å². The zero-order valence-corrected chi connectivity index (χ0v) is 11.8. The van der Waals surface area contributed by atoms with Crippen molar-refractivity contribution in [2.24, 2.45) is 0 Å². The molecule has 11 heteroatoms. The van der Waals surface area contributed by atoms with Crippen LogP contribution in [0, 0.1) is 0 Å². The second-order valence-electron chi connectivity index (χ2n) is 4.52. The second kappa shape index (κ2) is 5.35. The third-order valence-corrected chi connectivity index (χ3v) is 3.75. The van der Waals surface area contributed by atoms with E-state index in [0.29, 0.717) is 5.16 Å². The maximum absolute atomic E-state index is 9.95. The zero-order valence-electron chi connectivity index (χ0n) is 11.0. The van der Waals surface area contributed by atoms with E-state index in [1.165, 1.54) is 11.8 Å². The third-order valence-electron chi connectivity index (χ3n) is 3.20. The van der Waals surface area contributed by atoms with E-state index in [1.807, 2.05) is 0 Å². The maximum Gasteiger partial charge on any atom is 0.208 e. The molecule has 1 fully saturated rings. The Labute approximate surface area is 122 Å². The fourth-order valence-corrected chi connectivity index (χ4v) is 2.47. The number of thioether (sulfide) groups is 1. The Morgan fingerprint density at radius 1 is 1.29 bits per heavy atom. The summed E-state index contributed by atoms with van der Waals surface area (Å²) in [5, 5.41) is 37.4. The third kappa shape index (κ3) is 2.32. The van der Waals surface area contributed by atoms with E-state index in [9.17, 15) is 10.2 Å². The number of aromatic nitrogens is 5. The van der Waals surface area contributed by atoms with Crippen LogP contribution in [0.25, 0.3) is 11.2 Å². The van der Waals surface area contributed by atoms with Crippen LogP contribution in [0.4, 0.5) is 5.82 Å². The molecule has 5 N–H and O–H groups in total. The van der Waals surface area contributed by atoms with Crippen LogP contribution in [-0.2, 0) is 4.74 Å². The standard InChI is InChI=1S/C10H14N6O4S/c1-21-10-12-7(11)4-8(13-10)15-16(14-4)9-6(19)5(18)3(2-17)20-9/h3,5-6,9,17-19H,2H2,1H3,(H2,11,12,13,15). The van der Waals surface area contributed by atoms with Gasteiger partial charge in [0, 0.05) is 0 Å². The van der Waals surface area contributed by atoms with E-state index in [4.69, 9.17) is 15.6 Å². The summed E-state index contributed by atoms with van der Waals surface area (Å²) in [6, 6.07) is 0. The van der Waals surface area contributed by atoms with E-state index < -0.39 is 31.1 Å². The summed E-state index contributed by atoms with van der Waals surface area (Å²) in [7, 11) is 0. The van der Waals surface area contributed by atoms with Gasteiger partial charge in [-0.25, -0.2) is 4.98 Å². The molecule has 0 bridgehead atoms. The first-order chi connectivity index (χ1) is 10.0. The molecule has 4 atom stereocenters. The van der Waals surface area contributed by atoms with Gasteiger partial charge >= 0.3 is 0 Å². The summed E-state index contributed by atoms with van der Waals surface area (Å²) in [6.07, 6.45) is -2.61. The minimum atomic E-state index is -1.27. The fourth-order valence-electron chi connectivity index (χ4n) is 2.10. The lowest BCUT2D eigenvalue weighted by Crippen LogP contribution is -2.33. The van der Waals surface area contributed by atoms with Crippen molar-refractivity contribution in [3.05, 3.63) is 0 Å². The topological polar surface area (TPSA) is 152 Å². The van der Waals surface area contributed by atoms with Crippen LogP contribution >= 0.6 is 11.8 Å². The summed E-state index contributed by atoms with van der Waals surface area (Å²) in [6.45, 7) is -0.423. The van der Waals surface area contributed by atoms with Crippen LogP contribution in [0.15, 0.2) is 5.16 Å². The Bertz CT molecular complexity index is 666. The average Bonchev–Trinajstić information content (AvgIpc) is 3.02. The van der Waals surface area contributed by atoms with Gasteiger partial charge in [-0.15, -0.1) is 15.0 Å². The van der Waals surface area contributed by atoms with Crippen LogP contribution in [0.2, 0.25) is 0 Å². The van der Waals surface area contributed by atoms with Gasteiger partial charge in [-0.2, -0.15) is 4.98 Å². The smallest absolute Gasteiger partial charge is 0.208 e. The lowest BCUT2D eigenvalue weighted by Gasteiger charge is -2.12. The lowest BCUT2D eigenvalue weighted by atomic mass is 10.1. The molecule has 2 aromatic rings. The molecule has 114 valence electrons. The number of hydrogen-bond donors (Lipinski definition) is 4. The number of aliphatic hydroxyl groups is 3. The molecule has 3 heterocycles. The summed E-state index contributed by atoms with van der Waals surface area (Å²) < 4.78 is 5.34. The monoisotopic (exact) mass is 314 g/mol. The summed E-state index contributed by atoms with van der Waals surface area (Å²) >= 11 is 1.31. The van der Waals surface area contributed by atoms with Gasteiger partial charge in [0.15, 0.2) is 22.7 Å². The minimum Gasteiger partial charge on any atom is -0.394 e. The number of nitrogens with two attached hydrogens (primary N) is 1. The predicted molar refractivity (Wildman–Crippen MR) is 72.3 cm³/mol. The number of fused-ring (bicyclic) bond motifs is 1. The first kappa shape index (κ1) is 14.4. The van der Waals surface area contributed by atoms with Gasteiger partial charge < -0.3 is 25.8 Å². The number of nitrogen functional groups attached to an aromatic ring is 1. The van der Waals surface area contributed by atoms with E-state index in [-0.39, 0.29) is 17.0 Å². The molecule has 3 rings (SSSR count). The molecule has 0 spiro atoms. The lowest BCUT2D eigenvalue weighted by molar-refractivity contribution is -0.0650. The predicted octanol–water partition coefficient (Wildman–Crippen LogP) is -1.86. The number of hydrogen-bond acceptors (Lipinski definition) is 10. The molecular formula is C10H14N6O4S. The summed E-state index contributed by atoms with van der Waals surface area (Å²) in [4.78, 5) is 9.29. The van der Waals surface area contributed by atoms with Crippen LogP contribution in [-0.4, -0.2) is 71.5 Å². The molecule has 10 nitrogen and oxygen atoms in total. The van der Waals surface area contributed by atoms with Gasteiger partial charge in [-0.1, -0.05) is 11.8 Å². The van der Waals surface area contributed by atoms with Crippen molar-refractivity contribution in [1.82, 2.24) is 25.0 Å². The van der Waals surface area contributed by atoms with E-state index in [0.717, 1.165) is 4.80 Å². The largest absolute Gasteiger partial charge is 0.394 e. The van der Waals surface area contributed by atoms with Gasteiger partial charge in [0.2, 0.25) is 5.65 Å².